The molecule has 0 aliphatic heterocycles. The molecule has 0 fully saturated rings. The number of carbonyl (C=O) groups excluding carboxylic acids is 2. The fourth-order valence-corrected chi connectivity index (χ4v) is 2.45. The maximum Gasteiger partial charge on any atom is 0.340 e. The van der Waals surface area contributed by atoms with Crippen LogP contribution >= 0.6 is 0 Å². The lowest BCUT2D eigenvalue weighted by molar-refractivity contribution is -0.137. The van der Waals surface area contributed by atoms with Gasteiger partial charge < -0.3 is 14.2 Å². The van der Waals surface area contributed by atoms with Crippen LogP contribution in [0.15, 0.2) is 30.5 Å². The first-order chi connectivity index (χ1) is 10.8. The number of likely N-dealkylation sites (N-methyl/N-ethyl adjacent to an activating group) is 1. The molecular formula is C17H21N3O3. The average Bonchev–Trinajstić information content (AvgIpc) is 2.82. The Bertz CT molecular complexity index is 720. The highest BCUT2D eigenvalue weighted by molar-refractivity contribution is 5.93. The molecule has 6 heteroatoms. The molecule has 122 valence electrons. The van der Waals surface area contributed by atoms with Crippen molar-refractivity contribution in [2.45, 2.75) is 26.9 Å². The minimum Gasteiger partial charge on any atom is -0.449 e. The molecule has 0 radical (unpaired) electrons. The van der Waals surface area contributed by atoms with Crippen molar-refractivity contribution in [2.75, 3.05) is 14.1 Å². The number of hydrogen-bond acceptors (Lipinski definition) is 4. The van der Waals surface area contributed by atoms with Crippen LogP contribution < -0.4 is 0 Å². The van der Waals surface area contributed by atoms with Gasteiger partial charge in [0.25, 0.3) is 5.91 Å². The summed E-state index contributed by atoms with van der Waals surface area (Å²) in [6, 6.07) is 7.34. The van der Waals surface area contributed by atoms with Crippen LogP contribution in [0.3, 0.4) is 0 Å². The molecule has 0 unspecified atom stereocenters. The largest absolute Gasteiger partial charge is 0.449 e. The van der Waals surface area contributed by atoms with Crippen molar-refractivity contribution in [2.24, 2.45) is 0 Å². The van der Waals surface area contributed by atoms with Gasteiger partial charge in [-0.2, -0.15) is 0 Å². The first kappa shape index (κ1) is 16.7. The van der Waals surface area contributed by atoms with E-state index in [1.807, 2.05) is 36.6 Å². The second kappa shape index (κ2) is 6.64. The Morgan fingerprint density at radius 2 is 1.96 bits per heavy atom. The normalized spacial score (nSPS) is 11.9. The van der Waals surface area contributed by atoms with E-state index in [1.165, 1.54) is 4.90 Å². The van der Waals surface area contributed by atoms with Crippen molar-refractivity contribution >= 4 is 11.9 Å². The summed E-state index contributed by atoms with van der Waals surface area (Å²) in [6.45, 7) is 5.29. The summed E-state index contributed by atoms with van der Waals surface area (Å²) >= 11 is 0. The van der Waals surface area contributed by atoms with Gasteiger partial charge in [0.1, 0.15) is 5.82 Å². The molecule has 23 heavy (non-hydrogen) atoms. The van der Waals surface area contributed by atoms with E-state index >= 15 is 0 Å². The molecule has 1 atom stereocenters. The first-order valence-corrected chi connectivity index (χ1v) is 7.35. The molecule has 1 amide bonds. The molecule has 0 saturated carbocycles. The second-order valence-electron chi connectivity index (χ2n) is 5.59. The lowest BCUT2D eigenvalue weighted by atomic mass is 10.2. The Kier molecular flexibility index (Phi) is 4.83. The van der Waals surface area contributed by atoms with E-state index in [4.69, 9.17) is 4.74 Å². The molecule has 2 aromatic rings. The molecule has 2 aromatic heterocycles. The molecule has 6 nitrogen and oxygen atoms in total. The molecule has 2 rings (SSSR count). The number of aryl methyl sites for hydroxylation is 1. The highest BCUT2D eigenvalue weighted by atomic mass is 16.5. The Morgan fingerprint density at radius 3 is 2.52 bits per heavy atom. The maximum absolute atomic E-state index is 12.4. The molecule has 0 saturated heterocycles. The summed E-state index contributed by atoms with van der Waals surface area (Å²) in [5.74, 6) is -0.0289. The standard InChI is InChI=1S/C17H21N3O3/c1-11-10-14(17(22)23-13(3)16(21)19(4)5)12(2)20(11)15-8-6-7-9-18-15/h6-10,13H,1-5H3/t13-/m1/s1. The third-order valence-corrected chi connectivity index (χ3v) is 3.60. The molecular weight excluding hydrogens is 294 g/mol. The molecule has 0 aromatic carbocycles. The van der Waals surface area contributed by atoms with E-state index < -0.39 is 12.1 Å². The smallest absolute Gasteiger partial charge is 0.340 e. The Morgan fingerprint density at radius 1 is 1.26 bits per heavy atom. The van der Waals surface area contributed by atoms with Crippen LogP contribution in [0.4, 0.5) is 0 Å². The summed E-state index contributed by atoms with van der Waals surface area (Å²) in [5, 5.41) is 0. The van der Waals surface area contributed by atoms with Crippen LogP contribution in [-0.4, -0.2) is 46.5 Å². The van der Waals surface area contributed by atoms with Gasteiger partial charge in [-0.25, -0.2) is 9.78 Å². The van der Waals surface area contributed by atoms with Crippen LogP contribution in [0.5, 0.6) is 0 Å². The van der Waals surface area contributed by atoms with Crippen LogP contribution in [0.25, 0.3) is 5.82 Å². The molecule has 0 bridgehead atoms. The quantitative estimate of drug-likeness (QED) is 0.811. The van der Waals surface area contributed by atoms with Crippen LogP contribution in [0.1, 0.15) is 28.7 Å². The zero-order valence-electron chi connectivity index (χ0n) is 14.0. The van der Waals surface area contributed by atoms with E-state index in [-0.39, 0.29) is 5.91 Å². The van der Waals surface area contributed by atoms with Crippen molar-refractivity contribution in [3.8, 4) is 5.82 Å². The van der Waals surface area contributed by atoms with Crippen molar-refractivity contribution in [3.63, 3.8) is 0 Å². The number of rotatable bonds is 4. The van der Waals surface area contributed by atoms with Gasteiger partial charge in [-0.3, -0.25) is 4.79 Å². The fourth-order valence-electron chi connectivity index (χ4n) is 2.45. The van der Waals surface area contributed by atoms with E-state index in [9.17, 15) is 9.59 Å². The van der Waals surface area contributed by atoms with Gasteiger partial charge in [-0.15, -0.1) is 0 Å². The van der Waals surface area contributed by atoms with E-state index in [2.05, 4.69) is 4.98 Å². The first-order valence-electron chi connectivity index (χ1n) is 7.35. The van der Waals surface area contributed by atoms with Crippen molar-refractivity contribution < 1.29 is 14.3 Å². The van der Waals surface area contributed by atoms with Gasteiger partial charge in [0, 0.05) is 31.7 Å². The molecule has 0 aliphatic rings. The van der Waals surface area contributed by atoms with E-state index in [0.717, 1.165) is 17.2 Å². The monoisotopic (exact) mass is 315 g/mol. The number of pyridine rings is 1. The fraction of sp³-hybridized carbons (Fsp3) is 0.353. The minimum atomic E-state index is -0.824. The Hall–Kier alpha value is -2.63. The second-order valence-corrected chi connectivity index (χ2v) is 5.59. The zero-order valence-corrected chi connectivity index (χ0v) is 14.0. The number of nitrogens with zero attached hydrogens (tertiary/aromatic N) is 3. The Labute approximate surface area is 135 Å². The summed E-state index contributed by atoms with van der Waals surface area (Å²) in [7, 11) is 3.25. The molecule has 0 spiro atoms. The highest BCUT2D eigenvalue weighted by Gasteiger charge is 2.23. The van der Waals surface area contributed by atoms with Gasteiger partial charge in [-0.1, -0.05) is 6.07 Å². The number of hydrogen-bond donors (Lipinski definition) is 0. The number of ether oxygens (including phenoxy) is 1. The minimum absolute atomic E-state index is 0.253. The number of amides is 1. The van der Waals surface area contributed by atoms with E-state index in [1.54, 1.807) is 33.3 Å². The van der Waals surface area contributed by atoms with Gasteiger partial charge >= 0.3 is 5.97 Å². The van der Waals surface area contributed by atoms with Gasteiger partial charge in [-0.05, 0) is 39.0 Å². The number of aromatic nitrogens is 2. The Balaban J connectivity index is 2.28. The van der Waals surface area contributed by atoms with Crippen molar-refractivity contribution in [3.05, 3.63) is 47.4 Å². The van der Waals surface area contributed by atoms with Gasteiger partial charge in [0.15, 0.2) is 6.10 Å². The van der Waals surface area contributed by atoms with Gasteiger partial charge in [0.05, 0.1) is 5.56 Å². The van der Waals surface area contributed by atoms with Crippen LogP contribution in [0, 0.1) is 13.8 Å². The lowest BCUT2D eigenvalue weighted by Gasteiger charge is -2.17. The summed E-state index contributed by atoms with van der Waals surface area (Å²) in [6.07, 6.45) is 0.875. The predicted molar refractivity (Wildman–Crippen MR) is 86.6 cm³/mol. The average molecular weight is 315 g/mol. The summed E-state index contributed by atoms with van der Waals surface area (Å²) in [4.78, 5) is 29.9. The number of esters is 1. The van der Waals surface area contributed by atoms with Crippen LogP contribution in [-0.2, 0) is 9.53 Å². The molecule has 0 N–H and O–H groups in total. The van der Waals surface area contributed by atoms with Crippen LogP contribution in [0.2, 0.25) is 0 Å². The van der Waals surface area contributed by atoms with Gasteiger partial charge in [0.2, 0.25) is 0 Å². The summed E-state index contributed by atoms with van der Waals surface area (Å²) in [5.41, 5.74) is 2.04. The SMILES string of the molecule is Cc1cc(C(=O)O[C@H](C)C(=O)N(C)C)c(C)n1-c1ccccn1. The lowest BCUT2D eigenvalue weighted by Crippen LogP contribution is -2.35. The zero-order chi connectivity index (χ0) is 17.1. The third-order valence-electron chi connectivity index (χ3n) is 3.60. The van der Waals surface area contributed by atoms with Crippen molar-refractivity contribution in [1.29, 1.82) is 0 Å². The molecule has 2 heterocycles. The number of carbonyl (C=O) groups is 2. The van der Waals surface area contributed by atoms with Crippen molar-refractivity contribution in [1.82, 2.24) is 14.5 Å². The maximum atomic E-state index is 12.4. The summed E-state index contributed by atoms with van der Waals surface area (Å²) < 4.78 is 7.16. The highest BCUT2D eigenvalue weighted by Crippen LogP contribution is 2.20. The molecule has 0 aliphatic carbocycles. The van der Waals surface area contributed by atoms with E-state index in [0.29, 0.717) is 5.56 Å². The predicted octanol–water partition coefficient (Wildman–Crippen LogP) is 2.12. The third kappa shape index (κ3) is 3.41. The topological polar surface area (TPSA) is 64.4 Å².